The van der Waals surface area contributed by atoms with E-state index in [2.05, 4.69) is 33.2 Å². The second kappa shape index (κ2) is 7.21. The maximum Gasteiger partial charge on any atom is 0.255 e. The van der Waals surface area contributed by atoms with Gasteiger partial charge in [0.25, 0.3) is 5.91 Å². The van der Waals surface area contributed by atoms with Gasteiger partial charge < -0.3 is 10.6 Å². The molecule has 0 aliphatic rings. The highest BCUT2D eigenvalue weighted by molar-refractivity contribution is 14.1. The molecule has 5 heteroatoms. The van der Waals surface area contributed by atoms with Crippen LogP contribution in [0.3, 0.4) is 0 Å². The minimum atomic E-state index is -0.150. The maximum absolute atomic E-state index is 12.1. The van der Waals surface area contributed by atoms with E-state index in [1.807, 2.05) is 36.4 Å². The number of anilines is 1. The normalized spacial score (nSPS) is 10.0. The summed E-state index contributed by atoms with van der Waals surface area (Å²) in [7, 11) is 0. The van der Waals surface area contributed by atoms with E-state index in [4.69, 9.17) is 0 Å². The Labute approximate surface area is 137 Å². The highest BCUT2D eigenvalue weighted by Crippen LogP contribution is 2.14. The van der Waals surface area contributed by atoms with E-state index in [0.29, 0.717) is 12.1 Å². The van der Waals surface area contributed by atoms with E-state index in [0.717, 1.165) is 14.8 Å². The number of carbonyl (C=O) groups excluding carboxylic acids is 2. The highest BCUT2D eigenvalue weighted by atomic mass is 127. The summed E-state index contributed by atoms with van der Waals surface area (Å²) >= 11 is 2.20. The lowest BCUT2D eigenvalue weighted by molar-refractivity contribution is -0.119. The Morgan fingerprint density at radius 1 is 1.10 bits per heavy atom. The predicted molar refractivity (Wildman–Crippen MR) is 91.1 cm³/mol. The number of nitrogens with one attached hydrogen (secondary N) is 2. The van der Waals surface area contributed by atoms with Gasteiger partial charge in [-0.15, -0.1) is 0 Å². The summed E-state index contributed by atoms with van der Waals surface area (Å²) < 4.78 is 1.07. The number of hydrogen-bond acceptors (Lipinski definition) is 2. The number of halogens is 1. The Morgan fingerprint density at radius 3 is 2.43 bits per heavy atom. The standard InChI is InChI=1S/C16H15IN2O2/c1-11(20)18-10-12-5-7-13(8-6-12)16(21)19-15-4-2-3-14(17)9-15/h2-9H,10H2,1H3,(H,18,20)(H,19,21). The molecular formula is C16H15IN2O2. The number of rotatable bonds is 4. The molecule has 0 aliphatic carbocycles. The molecular weight excluding hydrogens is 379 g/mol. The van der Waals surface area contributed by atoms with E-state index >= 15 is 0 Å². The van der Waals surface area contributed by atoms with Gasteiger partial charge in [0.05, 0.1) is 0 Å². The Kier molecular flexibility index (Phi) is 5.32. The first kappa shape index (κ1) is 15.5. The van der Waals surface area contributed by atoms with E-state index in [1.54, 1.807) is 12.1 Å². The van der Waals surface area contributed by atoms with Crippen molar-refractivity contribution in [1.29, 1.82) is 0 Å². The molecule has 0 aromatic heterocycles. The second-order valence-corrected chi connectivity index (χ2v) is 5.82. The average molecular weight is 394 g/mol. The second-order valence-electron chi connectivity index (χ2n) is 4.57. The summed E-state index contributed by atoms with van der Waals surface area (Å²) in [6.45, 7) is 1.94. The average Bonchev–Trinajstić information content (AvgIpc) is 2.45. The molecule has 0 aliphatic heterocycles. The van der Waals surface area contributed by atoms with Crippen LogP contribution < -0.4 is 10.6 Å². The van der Waals surface area contributed by atoms with Gasteiger partial charge in [-0.2, -0.15) is 0 Å². The van der Waals surface area contributed by atoms with Crippen molar-refractivity contribution in [3.05, 3.63) is 63.2 Å². The molecule has 0 bridgehead atoms. The number of hydrogen-bond donors (Lipinski definition) is 2. The Morgan fingerprint density at radius 2 is 1.81 bits per heavy atom. The largest absolute Gasteiger partial charge is 0.352 e. The quantitative estimate of drug-likeness (QED) is 0.783. The van der Waals surface area contributed by atoms with Gasteiger partial charge in [-0.1, -0.05) is 18.2 Å². The Bertz CT molecular complexity index is 654. The van der Waals surface area contributed by atoms with Crippen molar-refractivity contribution in [3.8, 4) is 0 Å². The van der Waals surface area contributed by atoms with E-state index in [-0.39, 0.29) is 11.8 Å². The first-order valence-corrected chi connectivity index (χ1v) is 7.53. The maximum atomic E-state index is 12.1. The van der Waals surface area contributed by atoms with Gasteiger partial charge in [0.2, 0.25) is 5.91 Å². The van der Waals surface area contributed by atoms with Gasteiger partial charge in [-0.25, -0.2) is 0 Å². The van der Waals surface area contributed by atoms with Crippen molar-refractivity contribution in [2.75, 3.05) is 5.32 Å². The molecule has 0 spiro atoms. The first-order chi connectivity index (χ1) is 10.0. The van der Waals surface area contributed by atoms with Crippen LogP contribution in [0.15, 0.2) is 48.5 Å². The van der Waals surface area contributed by atoms with Crippen LogP contribution in [0.2, 0.25) is 0 Å². The lowest BCUT2D eigenvalue weighted by Gasteiger charge is -2.07. The molecule has 0 saturated heterocycles. The van der Waals surface area contributed by atoms with Gasteiger partial charge in [-0.05, 0) is 58.5 Å². The molecule has 2 aromatic carbocycles. The summed E-state index contributed by atoms with van der Waals surface area (Å²) in [5, 5.41) is 5.57. The topological polar surface area (TPSA) is 58.2 Å². The van der Waals surface area contributed by atoms with Gasteiger partial charge >= 0.3 is 0 Å². The molecule has 0 saturated carbocycles. The first-order valence-electron chi connectivity index (χ1n) is 6.45. The summed E-state index contributed by atoms with van der Waals surface area (Å²) in [5.41, 5.74) is 2.31. The molecule has 2 amide bonds. The number of carbonyl (C=O) groups is 2. The van der Waals surface area contributed by atoms with Gasteiger partial charge in [0.15, 0.2) is 0 Å². The third-order valence-electron chi connectivity index (χ3n) is 2.84. The number of benzene rings is 2. The summed E-state index contributed by atoms with van der Waals surface area (Å²) in [4.78, 5) is 23.0. The molecule has 0 atom stereocenters. The predicted octanol–water partition coefficient (Wildman–Crippen LogP) is 3.18. The third-order valence-corrected chi connectivity index (χ3v) is 3.51. The Hall–Kier alpha value is -1.89. The zero-order valence-electron chi connectivity index (χ0n) is 11.5. The third kappa shape index (κ3) is 4.86. The lowest BCUT2D eigenvalue weighted by Crippen LogP contribution is -2.19. The molecule has 0 heterocycles. The van der Waals surface area contributed by atoms with Crippen molar-refractivity contribution in [1.82, 2.24) is 5.32 Å². The summed E-state index contributed by atoms with van der Waals surface area (Å²) in [6, 6.07) is 14.8. The van der Waals surface area contributed by atoms with Gasteiger partial charge in [-0.3, -0.25) is 9.59 Å². The minimum absolute atomic E-state index is 0.0736. The van der Waals surface area contributed by atoms with Crippen LogP contribution in [0.25, 0.3) is 0 Å². The van der Waals surface area contributed by atoms with Crippen LogP contribution in [-0.2, 0) is 11.3 Å². The van der Waals surface area contributed by atoms with E-state index < -0.39 is 0 Å². The van der Waals surface area contributed by atoms with Crippen molar-refractivity contribution in [2.45, 2.75) is 13.5 Å². The van der Waals surface area contributed by atoms with Crippen molar-refractivity contribution < 1.29 is 9.59 Å². The molecule has 2 aromatic rings. The van der Waals surface area contributed by atoms with Crippen LogP contribution in [0.1, 0.15) is 22.8 Å². The molecule has 4 nitrogen and oxygen atoms in total. The number of amides is 2. The fraction of sp³-hybridized carbons (Fsp3) is 0.125. The molecule has 108 valence electrons. The monoisotopic (exact) mass is 394 g/mol. The zero-order valence-corrected chi connectivity index (χ0v) is 13.7. The SMILES string of the molecule is CC(=O)NCc1ccc(C(=O)Nc2cccc(I)c2)cc1. The molecule has 0 unspecified atom stereocenters. The van der Waals surface area contributed by atoms with Gasteiger partial charge in [0, 0.05) is 28.3 Å². The molecule has 21 heavy (non-hydrogen) atoms. The summed E-state index contributed by atoms with van der Waals surface area (Å²) in [6.07, 6.45) is 0. The molecule has 2 N–H and O–H groups in total. The highest BCUT2D eigenvalue weighted by Gasteiger charge is 2.06. The minimum Gasteiger partial charge on any atom is -0.352 e. The van der Waals surface area contributed by atoms with Crippen LogP contribution in [0.4, 0.5) is 5.69 Å². The van der Waals surface area contributed by atoms with Crippen molar-refractivity contribution >= 4 is 40.1 Å². The van der Waals surface area contributed by atoms with Crippen LogP contribution in [0.5, 0.6) is 0 Å². The molecule has 2 rings (SSSR count). The fourth-order valence-electron chi connectivity index (χ4n) is 1.77. The molecule has 0 radical (unpaired) electrons. The summed E-state index contributed by atoms with van der Waals surface area (Å²) in [5.74, 6) is -0.224. The van der Waals surface area contributed by atoms with Crippen LogP contribution >= 0.6 is 22.6 Å². The zero-order chi connectivity index (χ0) is 15.2. The van der Waals surface area contributed by atoms with E-state index in [9.17, 15) is 9.59 Å². The molecule has 0 fully saturated rings. The fourth-order valence-corrected chi connectivity index (χ4v) is 2.31. The van der Waals surface area contributed by atoms with Crippen molar-refractivity contribution in [3.63, 3.8) is 0 Å². The van der Waals surface area contributed by atoms with E-state index in [1.165, 1.54) is 6.92 Å². The van der Waals surface area contributed by atoms with Crippen molar-refractivity contribution in [2.24, 2.45) is 0 Å². The smallest absolute Gasteiger partial charge is 0.255 e. The van der Waals surface area contributed by atoms with Crippen LogP contribution in [-0.4, -0.2) is 11.8 Å². The lowest BCUT2D eigenvalue weighted by atomic mass is 10.1. The van der Waals surface area contributed by atoms with Gasteiger partial charge in [0.1, 0.15) is 0 Å². The van der Waals surface area contributed by atoms with Crippen LogP contribution in [0, 0.1) is 3.57 Å². The Balaban J connectivity index is 2.01.